The molecule has 1 amide bonds. The van der Waals surface area contributed by atoms with E-state index in [-0.39, 0.29) is 5.92 Å². The van der Waals surface area contributed by atoms with E-state index in [4.69, 9.17) is 5.73 Å². The predicted molar refractivity (Wildman–Crippen MR) is 81.5 cm³/mol. The minimum atomic E-state index is -1.01. The molecule has 0 aromatic carbocycles. The molecule has 116 valence electrons. The van der Waals surface area contributed by atoms with Crippen LogP contribution >= 0.6 is 0 Å². The summed E-state index contributed by atoms with van der Waals surface area (Å²) in [6.45, 7) is 6.83. The standard InChI is InChI=1S/C16H25N3O2/c1-11(2)14-5-3-4-13(18-14)10-19-8-6-12(7-9-19)15(20)16(17)21/h3-5,11-12,15,20H,6-10H2,1-2H3,(H2,17,21)/t15-/m1/s1. The van der Waals surface area contributed by atoms with E-state index in [0.29, 0.717) is 5.92 Å². The Labute approximate surface area is 126 Å². The molecule has 1 saturated heterocycles. The molecule has 0 radical (unpaired) electrons. The fraction of sp³-hybridized carbons (Fsp3) is 0.625. The first-order valence-corrected chi connectivity index (χ1v) is 7.63. The van der Waals surface area contributed by atoms with Gasteiger partial charge in [-0.15, -0.1) is 0 Å². The lowest BCUT2D eigenvalue weighted by atomic mass is 9.91. The van der Waals surface area contributed by atoms with Crippen molar-refractivity contribution in [3.8, 4) is 0 Å². The number of hydrogen-bond acceptors (Lipinski definition) is 4. The molecule has 0 spiro atoms. The van der Waals surface area contributed by atoms with Crippen LogP contribution in [0, 0.1) is 5.92 Å². The Morgan fingerprint density at radius 3 is 2.67 bits per heavy atom. The van der Waals surface area contributed by atoms with Crippen molar-refractivity contribution in [2.75, 3.05) is 13.1 Å². The molecule has 2 rings (SSSR count). The summed E-state index contributed by atoms with van der Waals surface area (Å²) in [5, 5.41) is 9.72. The zero-order valence-electron chi connectivity index (χ0n) is 12.8. The quantitative estimate of drug-likeness (QED) is 0.856. The molecule has 21 heavy (non-hydrogen) atoms. The van der Waals surface area contributed by atoms with Gasteiger partial charge in [0, 0.05) is 12.2 Å². The number of aromatic nitrogens is 1. The second-order valence-electron chi connectivity index (χ2n) is 6.17. The zero-order valence-corrected chi connectivity index (χ0v) is 12.8. The van der Waals surface area contributed by atoms with Gasteiger partial charge in [0.15, 0.2) is 0 Å². The summed E-state index contributed by atoms with van der Waals surface area (Å²) in [6, 6.07) is 6.17. The molecule has 5 heteroatoms. The lowest BCUT2D eigenvalue weighted by Crippen LogP contribution is -2.42. The molecule has 0 unspecified atom stereocenters. The van der Waals surface area contributed by atoms with Gasteiger partial charge in [0.25, 0.3) is 0 Å². The van der Waals surface area contributed by atoms with Crippen LogP contribution in [0.5, 0.6) is 0 Å². The van der Waals surface area contributed by atoms with Crippen LogP contribution in [0.25, 0.3) is 0 Å². The molecule has 0 aliphatic carbocycles. The van der Waals surface area contributed by atoms with E-state index in [1.54, 1.807) is 0 Å². The maximum absolute atomic E-state index is 11.0. The summed E-state index contributed by atoms with van der Waals surface area (Å²) >= 11 is 0. The molecule has 2 heterocycles. The van der Waals surface area contributed by atoms with E-state index in [9.17, 15) is 9.90 Å². The predicted octanol–water partition coefficient (Wildman–Crippen LogP) is 1.26. The summed E-state index contributed by atoms with van der Waals surface area (Å²) in [4.78, 5) is 18.0. The number of aliphatic hydroxyl groups excluding tert-OH is 1. The van der Waals surface area contributed by atoms with E-state index in [2.05, 4.69) is 41.9 Å². The van der Waals surface area contributed by atoms with Crippen LogP contribution in [0.4, 0.5) is 0 Å². The summed E-state index contributed by atoms with van der Waals surface area (Å²) < 4.78 is 0. The summed E-state index contributed by atoms with van der Waals surface area (Å²) in [6.07, 6.45) is 0.594. The number of pyridine rings is 1. The van der Waals surface area contributed by atoms with Crippen molar-refractivity contribution in [1.29, 1.82) is 0 Å². The zero-order chi connectivity index (χ0) is 15.4. The highest BCUT2D eigenvalue weighted by Gasteiger charge is 2.28. The number of amides is 1. The van der Waals surface area contributed by atoms with E-state index in [1.165, 1.54) is 0 Å². The van der Waals surface area contributed by atoms with Crippen LogP contribution in [0.15, 0.2) is 18.2 Å². The molecule has 1 aromatic rings. The highest BCUT2D eigenvalue weighted by Crippen LogP contribution is 2.22. The minimum absolute atomic E-state index is 0.00583. The van der Waals surface area contributed by atoms with Gasteiger partial charge in [-0.3, -0.25) is 14.7 Å². The Balaban J connectivity index is 1.89. The smallest absolute Gasteiger partial charge is 0.246 e. The maximum atomic E-state index is 11.0. The third kappa shape index (κ3) is 4.25. The average molecular weight is 291 g/mol. The molecule has 1 atom stereocenters. The van der Waals surface area contributed by atoms with Gasteiger partial charge in [-0.1, -0.05) is 19.9 Å². The van der Waals surface area contributed by atoms with Crippen LogP contribution in [0.2, 0.25) is 0 Å². The Hall–Kier alpha value is -1.46. The van der Waals surface area contributed by atoms with Crippen molar-refractivity contribution in [1.82, 2.24) is 9.88 Å². The summed E-state index contributed by atoms with van der Waals surface area (Å²) in [5.74, 6) is -0.185. The van der Waals surface area contributed by atoms with E-state index < -0.39 is 12.0 Å². The molecule has 1 aliphatic heterocycles. The third-order valence-corrected chi connectivity index (χ3v) is 4.18. The molecule has 3 N–H and O–H groups in total. The average Bonchev–Trinajstić information content (AvgIpc) is 2.47. The van der Waals surface area contributed by atoms with Crippen molar-refractivity contribution in [3.05, 3.63) is 29.6 Å². The largest absolute Gasteiger partial charge is 0.383 e. The van der Waals surface area contributed by atoms with Gasteiger partial charge in [-0.25, -0.2) is 0 Å². The van der Waals surface area contributed by atoms with Gasteiger partial charge in [0.1, 0.15) is 6.10 Å². The number of hydrogen-bond donors (Lipinski definition) is 2. The number of carbonyl (C=O) groups excluding carboxylic acids is 1. The van der Waals surface area contributed by atoms with Gasteiger partial charge in [-0.2, -0.15) is 0 Å². The minimum Gasteiger partial charge on any atom is -0.383 e. The number of nitrogens with zero attached hydrogens (tertiary/aromatic N) is 2. The first-order valence-electron chi connectivity index (χ1n) is 7.63. The first-order chi connectivity index (χ1) is 9.97. The monoisotopic (exact) mass is 291 g/mol. The number of likely N-dealkylation sites (tertiary alicyclic amines) is 1. The fourth-order valence-electron chi connectivity index (χ4n) is 2.80. The normalized spacial score (nSPS) is 18.9. The lowest BCUT2D eigenvalue weighted by molar-refractivity contribution is -0.129. The molecule has 1 aromatic heterocycles. The van der Waals surface area contributed by atoms with E-state index in [1.807, 2.05) is 0 Å². The second kappa shape index (κ2) is 7.00. The summed E-state index contributed by atoms with van der Waals surface area (Å²) in [7, 11) is 0. The van der Waals surface area contributed by atoms with Crippen molar-refractivity contribution >= 4 is 5.91 Å². The number of aliphatic hydroxyl groups is 1. The van der Waals surface area contributed by atoms with Crippen LogP contribution < -0.4 is 5.73 Å². The number of primary amides is 1. The topological polar surface area (TPSA) is 79.5 Å². The SMILES string of the molecule is CC(C)c1cccc(CN2CCC([C@@H](O)C(N)=O)CC2)n1. The van der Waals surface area contributed by atoms with E-state index >= 15 is 0 Å². The number of carbonyl (C=O) groups is 1. The Bertz CT molecular complexity index is 482. The highest BCUT2D eigenvalue weighted by atomic mass is 16.3. The Morgan fingerprint density at radius 2 is 2.10 bits per heavy atom. The number of rotatable bonds is 5. The summed E-state index contributed by atoms with van der Waals surface area (Å²) in [5.41, 5.74) is 7.35. The van der Waals surface area contributed by atoms with Crippen LogP contribution in [0.3, 0.4) is 0 Å². The molecule has 5 nitrogen and oxygen atoms in total. The molecule has 0 saturated carbocycles. The third-order valence-electron chi connectivity index (χ3n) is 4.18. The van der Waals surface area contributed by atoms with Crippen LogP contribution in [0.1, 0.15) is 44.0 Å². The van der Waals surface area contributed by atoms with E-state index in [0.717, 1.165) is 43.9 Å². The van der Waals surface area contributed by atoms with Crippen molar-refractivity contribution in [3.63, 3.8) is 0 Å². The van der Waals surface area contributed by atoms with Crippen LogP contribution in [-0.2, 0) is 11.3 Å². The van der Waals surface area contributed by atoms with Gasteiger partial charge < -0.3 is 10.8 Å². The maximum Gasteiger partial charge on any atom is 0.246 e. The molecule has 1 fully saturated rings. The molecule has 0 bridgehead atoms. The van der Waals surface area contributed by atoms with Gasteiger partial charge >= 0.3 is 0 Å². The van der Waals surface area contributed by atoms with Crippen molar-refractivity contribution in [2.45, 2.75) is 45.3 Å². The second-order valence-corrected chi connectivity index (χ2v) is 6.17. The first kappa shape index (κ1) is 15.9. The molecule has 1 aliphatic rings. The lowest BCUT2D eigenvalue weighted by Gasteiger charge is -2.33. The highest BCUT2D eigenvalue weighted by molar-refractivity contribution is 5.78. The Morgan fingerprint density at radius 1 is 1.43 bits per heavy atom. The van der Waals surface area contributed by atoms with Crippen LogP contribution in [-0.4, -0.2) is 40.1 Å². The fourth-order valence-corrected chi connectivity index (χ4v) is 2.80. The van der Waals surface area contributed by atoms with Crippen molar-refractivity contribution in [2.24, 2.45) is 11.7 Å². The van der Waals surface area contributed by atoms with Crippen molar-refractivity contribution < 1.29 is 9.90 Å². The van der Waals surface area contributed by atoms with Gasteiger partial charge in [-0.05, 0) is 49.9 Å². The molecular formula is C16H25N3O2. The van der Waals surface area contributed by atoms with Gasteiger partial charge in [0.05, 0.1) is 5.69 Å². The van der Waals surface area contributed by atoms with Gasteiger partial charge in [0.2, 0.25) is 5.91 Å². The number of nitrogens with two attached hydrogens (primary N) is 1. The Kier molecular flexibility index (Phi) is 5.31. The number of piperidine rings is 1. The molecular weight excluding hydrogens is 266 g/mol.